The van der Waals surface area contributed by atoms with Gasteiger partial charge in [0.15, 0.2) is 6.10 Å². The fraction of sp³-hybridized carbons (Fsp3) is 0.740. The zero-order valence-corrected chi connectivity index (χ0v) is 52.1. The van der Waals surface area contributed by atoms with Gasteiger partial charge in [-0.05, 0) is 83.5 Å². The van der Waals surface area contributed by atoms with Crippen LogP contribution in [0.3, 0.4) is 0 Å². The van der Waals surface area contributed by atoms with Crippen molar-refractivity contribution in [2.24, 2.45) is 0 Å². The summed E-state index contributed by atoms with van der Waals surface area (Å²) in [5.41, 5.74) is 0. The summed E-state index contributed by atoms with van der Waals surface area (Å²) in [6.45, 7) is 6.46. The molecule has 79 heavy (non-hydrogen) atoms. The lowest BCUT2D eigenvalue weighted by atomic mass is 10.0. The minimum atomic E-state index is -0.830. The summed E-state index contributed by atoms with van der Waals surface area (Å²) in [5, 5.41) is 0. The fourth-order valence-corrected chi connectivity index (χ4v) is 9.59. The van der Waals surface area contributed by atoms with Gasteiger partial charge in [0, 0.05) is 12.8 Å². The molecule has 1 unspecified atom stereocenters. The molecule has 0 radical (unpaired) electrons. The second kappa shape index (κ2) is 66.8. The molecule has 6 nitrogen and oxygen atoms in total. The molecule has 0 fully saturated rings. The molecule has 0 aliphatic carbocycles. The second-order valence-corrected chi connectivity index (χ2v) is 22.4. The SMILES string of the molecule is CC/C=C\C/C=C\C/C=C\C/C=C\C/C=C\CC(=O)OC(COC(=O)CCCCCCCCCCCCCCC)COC(=O)CCCCCCCCCCCCCCCCCCCC/C=C\C/C=C\C/C=C\CCCCCCC. The van der Waals surface area contributed by atoms with Gasteiger partial charge in [-0.1, -0.05) is 323 Å². The molecule has 0 saturated carbocycles. The highest BCUT2D eigenvalue weighted by Crippen LogP contribution is 2.17. The Bertz CT molecular complexity index is 1540. The summed E-state index contributed by atoms with van der Waals surface area (Å²) in [5.74, 6) is -1.03. The van der Waals surface area contributed by atoms with Crippen molar-refractivity contribution >= 4 is 17.9 Å². The van der Waals surface area contributed by atoms with Crippen LogP contribution >= 0.6 is 0 Å². The van der Waals surface area contributed by atoms with E-state index < -0.39 is 12.1 Å². The summed E-state index contributed by atoms with van der Waals surface area (Å²) in [6.07, 6.45) is 90.4. The molecule has 0 aromatic carbocycles. The summed E-state index contributed by atoms with van der Waals surface area (Å²) >= 11 is 0. The van der Waals surface area contributed by atoms with E-state index in [9.17, 15) is 14.4 Å². The molecule has 6 heteroatoms. The van der Waals surface area contributed by atoms with Crippen molar-refractivity contribution in [1.29, 1.82) is 0 Å². The van der Waals surface area contributed by atoms with Crippen LogP contribution in [0.4, 0.5) is 0 Å². The molecular formula is C73H126O6. The summed E-state index contributed by atoms with van der Waals surface area (Å²) < 4.78 is 16.8. The first kappa shape index (κ1) is 75.3. The van der Waals surface area contributed by atoms with Crippen LogP contribution in [-0.4, -0.2) is 37.2 Å². The first-order valence-corrected chi connectivity index (χ1v) is 33.7. The Kier molecular flexibility index (Phi) is 63.7. The lowest BCUT2D eigenvalue weighted by Crippen LogP contribution is -2.30. The first-order valence-electron chi connectivity index (χ1n) is 33.7. The Morgan fingerprint density at radius 3 is 0.835 bits per heavy atom. The highest BCUT2D eigenvalue weighted by Gasteiger charge is 2.19. The van der Waals surface area contributed by atoms with Crippen molar-refractivity contribution in [3.63, 3.8) is 0 Å². The van der Waals surface area contributed by atoms with Crippen molar-refractivity contribution in [2.75, 3.05) is 13.2 Å². The van der Waals surface area contributed by atoms with Gasteiger partial charge in [0.25, 0.3) is 0 Å². The standard InChI is InChI=1S/C73H126O6/c1-4-7-10-13-16-19-22-25-27-28-29-30-31-32-33-34-35-36-37-38-39-40-41-42-43-44-46-48-51-54-57-60-63-66-72(75)78-69-70(68-77-71(74)65-62-59-56-53-50-47-24-21-18-15-12-9-6-3)79-73(76)67-64-61-58-55-52-49-45-26-23-20-17-14-11-8-5-2/h8,11,17,20,22,25-26,28-29,31-32,45,52,55,61,64,70H,4-7,9-10,12-16,18-19,21,23-24,27,30,33-44,46-51,53-54,56-60,62-63,65-69H2,1-3H3/b11-8-,20-17-,25-22-,29-28-,32-31-,45-26-,55-52-,64-61-. The Morgan fingerprint density at radius 2 is 0.532 bits per heavy atom. The highest BCUT2D eigenvalue weighted by molar-refractivity contribution is 5.72. The zero-order chi connectivity index (χ0) is 57.1. The van der Waals surface area contributed by atoms with Gasteiger partial charge in [0.2, 0.25) is 0 Å². The van der Waals surface area contributed by atoms with Crippen LogP contribution in [-0.2, 0) is 28.6 Å². The van der Waals surface area contributed by atoms with Crippen molar-refractivity contribution in [3.05, 3.63) is 97.2 Å². The number of unbranched alkanes of at least 4 members (excludes halogenated alkanes) is 35. The molecule has 0 heterocycles. The Balaban J connectivity index is 4.19. The first-order chi connectivity index (χ1) is 39.0. The molecule has 0 bridgehead atoms. The van der Waals surface area contributed by atoms with E-state index in [1.54, 1.807) is 6.08 Å². The zero-order valence-electron chi connectivity index (χ0n) is 52.1. The van der Waals surface area contributed by atoms with E-state index in [-0.39, 0.29) is 31.6 Å². The Morgan fingerprint density at radius 1 is 0.278 bits per heavy atom. The van der Waals surface area contributed by atoms with Gasteiger partial charge >= 0.3 is 17.9 Å². The van der Waals surface area contributed by atoms with Crippen molar-refractivity contribution in [2.45, 2.75) is 335 Å². The third kappa shape index (κ3) is 65.0. The molecule has 0 amide bonds. The van der Waals surface area contributed by atoms with Crippen LogP contribution < -0.4 is 0 Å². The number of carbonyl (C=O) groups excluding carboxylic acids is 3. The molecule has 0 spiro atoms. The molecule has 0 N–H and O–H groups in total. The van der Waals surface area contributed by atoms with E-state index in [4.69, 9.17) is 14.2 Å². The third-order valence-corrected chi connectivity index (χ3v) is 14.6. The molecule has 454 valence electrons. The van der Waals surface area contributed by atoms with Crippen LogP contribution in [0.2, 0.25) is 0 Å². The van der Waals surface area contributed by atoms with Gasteiger partial charge in [-0.25, -0.2) is 0 Å². The van der Waals surface area contributed by atoms with Gasteiger partial charge < -0.3 is 14.2 Å². The minimum absolute atomic E-state index is 0.0987. The third-order valence-electron chi connectivity index (χ3n) is 14.6. The van der Waals surface area contributed by atoms with Crippen LogP contribution in [0.5, 0.6) is 0 Å². The molecule has 0 rings (SSSR count). The molecule has 0 aromatic rings. The summed E-state index contributed by atoms with van der Waals surface area (Å²) in [7, 11) is 0. The van der Waals surface area contributed by atoms with Crippen LogP contribution in [0.1, 0.15) is 329 Å². The minimum Gasteiger partial charge on any atom is -0.462 e. The lowest BCUT2D eigenvalue weighted by Gasteiger charge is -2.18. The number of hydrogen-bond acceptors (Lipinski definition) is 6. The lowest BCUT2D eigenvalue weighted by molar-refractivity contribution is -0.166. The summed E-state index contributed by atoms with van der Waals surface area (Å²) in [6, 6.07) is 0. The average molecular weight is 1100 g/mol. The van der Waals surface area contributed by atoms with Gasteiger partial charge in [-0.2, -0.15) is 0 Å². The molecule has 0 aliphatic rings. The number of rotatable bonds is 61. The Labute approximate surface area is 489 Å². The second-order valence-electron chi connectivity index (χ2n) is 22.4. The molecular weight excluding hydrogens is 973 g/mol. The van der Waals surface area contributed by atoms with Crippen molar-refractivity contribution < 1.29 is 28.6 Å². The van der Waals surface area contributed by atoms with E-state index in [1.807, 2.05) is 6.08 Å². The van der Waals surface area contributed by atoms with Gasteiger partial charge in [-0.15, -0.1) is 0 Å². The van der Waals surface area contributed by atoms with E-state index in [0.29, 0.717) is 12.8 Å². The summed E-state index contributed by atoms with van der Waals surface area (Å²) in [4.78, 5) is 38.2. The molecule has 0 aromatic heterocycles. The number of allylic oxidation sites excluding steroid dienone is 15. The highest BCUT2D eigenvalue weighted by atomic mass is 16.6. The smallest absolute Gasteiger partial charge is 0.310 e. The maximum atomic E-state index is 12.8. The van der Waals surface area contributed by atoms with Gasteiger partial charge in [-0.3, -0.25) is 14.4 Å². The van der Waals surface area contributed by atoms with Crippen LogP contribution in [0.25, 0.3) is 0 Å². The Hall–Kier alpha value is -3.67. The van der Waals surface area contributed by atoms with E-state index in [0.717, 1.165) is 83.5 Å². The fourth-order valence-electron chi connectivity index (χ4n) is 9.59. The predicted molar refractivity (Wildman–Crippen MR) is 344 cm³/mol. The van der Waals surface area contributed by atoms with E-state index in [2.05, 4.69) is 106 Å². The van der Waals surface area contributed by atoms with Crippen LogP contribution in [0, 0.1) is 0 Å². The molecule has 0 aliphatic heterocycles. The molecule has 1 atom stereocenters. The molecule has 0 saturated heterocycles. The monoisotopic (exact) mass is 1100 g/mol. The number of ether oxygens (including phenoxy) is 3. The normalized spacial score (nSPS) is 12.7. The number of carbonyl (C=O) groups is 3. The van der Waals surface area contributed by atoms with E-state index >= 15 is 0 Å². The topological polar surface area (TPSA) is 78.9 Å². The van der Waals surface area contributed by atoms with Gasteiger partial charge in [0.05, 0.1) is 6.42 Å². The van der Waals surface area contributed by atoms with Crippen LogP contribution in [0.15, 0.2) is 97.2 Å². The van der Waals surface area contributed by atoms with Crippen molar-refractivity contribution in [1.82, 2.24) is 0 Å². The average Bonchev–Trinajstić information content (AvgIpc) is 3.45. The number of hydrogen-bond donors (Lipinski definition) is 0. The maximum absolute atomic E-state index is 12.8. The largest absolute Gasteiger partial charge is 0.462 e. The quantitative estimate of drug-likeness (QED) is 0.0261. The van der Waals surface area contributed by atoms with Crippen molar-refractivity contribution in [3.8, 4) is 0 Å². The van der Waals surface area contributed by atoms with E-state index in [1.165, 1.54) is 205 Å². The number of esters is 3. The van der Waals surface area contributed by atoms with Gasteiger partial charge in [0.1, 0.15) is 13.2 Å². The predicted octanol–water partition coefficient (Wildman–Crippen LogP) is 23.2. The maximum Gasteiger partial charge on any atom is 0.310 e.